The second-order valence-corrected chi connectivity index (χ2v) is 10.5. The van der Waals surface area contributed by atoms with E-state index in [1.807, 2.05) is 6.07 Å². The van der Waals surface area contributed by atoms with Gasteiger partial charge in [0, 0.05) is 22.5 Å². The van der Waals surface area contributed by atoms with Crippen LogP contribution in [0, 0.1) is 11.7 Å². The Labute approximate surface area is 184 Å². The van der Waals surface area contributed by atoms with Crippen LogP contribution >= 0.6 is 20.6 Å². The summed E-state index contributed by atoms with van der Waals surface area (Å²) in [5.74, 6) is 0.533. The molecule has 154 valence electrons. The van der Waals surface area contributed by atoms with Crippen LogP contribution < -0.4 is 5.32 Å². The zero-order valence-corrected chi connectivity index (χ0v) is 19.3. The van der Waals surface area contributed by atoms with Crippen molar-refractivity contribution in [3.05, 3.63) is 70.2 Å². The average Bonchev–Trinajstić information content (AvgIpc) is 3.38. The zero-order chi connectivity index (χ0) is 20.8. The number of aryl methyl sites for hydroxylation is 1. The largest absolute Gasteiger partial charge is 0.354 e. The van der Waals surface area contributed by atoms with Crippen molar-refractivity contribution in [2.75, 3.05) is 5.32 Å². The third-order valence-corrected chi connectivity index (χ3v) is 8.18. The summed E-state index contributed by atoms with van der Waals surface area (Å²) in [7, 11) is 2.93. The first-order chi connectivity index (χ1) is 14.5. The maximum atomic E-state index is 15.2. The van der Waals surface area contributed by atoms with Crippen molar-refractivity contribution in [2.24, 2.45) is 5.92 Å². The summed E-state index contributed by atoms with van der Waals surface area (Å²) in [6, 6.07) is 12.4. The summed E-state index contributed by atoms with van der Waals surface area (Å²) >= 11 is 1.70. The number of benzene rings is 2. The summed E-state index contributed by atoms with van der Waals surface area (Å²) in [5.41, 5.74) is 9.27. The molecule has 5 rings (SSSR count). The van der Waals surface area contributed by atoms with Gasteiger partial charge in [0.25, 0.3) is 0 Å². The third-order valence-electron chi connectivity index (χ3n) is 6.60. The molecule has 2 aliphatic rings. The highest BCUT2D eigenvalue weighted by Gasteiger charge is 2.26. The van der Waals surface area contributed by atoms with E-state index in [-0.39, 0.29) is 5.82 Å². The quantitative estimate of drug-likeness (QED) is 0.413. The average molecular weight is 436 g/mol. The molecule has 1 aromatic heterocycles. The molecule has 1 nitrogen and oxygen atoms in total. The summed E-state index contributed by atoms with van der Waals surface area (Å²) in [5, 5.41) is 5.57. The highest BCUT2D eigenvalue weighted by molar-refractivity contribution is 7.17. The number of rotatable bonds is 4. The van der Waals surface area contributed by atoms with Crippen LogP contribution in [0.1, 0.15) is 42.2 Å². The van der Waals surface area contributed by atoms with Gasteiger partial charge < -0.3 is 5.32 Å². The van der Waals surface area contributed by atoms with Gasteiger partial charge >= 0.3 is 0 Å². The van der Waals surface area contributed by atoms with Crippen LogP contribution in [0.2, 0.25) is 0 Å². The van der Waals surface area contributed by atoms with Crippen molar-refractivity contribution in [3.63, 3.8) is 0 Å². The van der Waals surface area contributed by atoms with E-state index in [1.165, 1.54) is 40.8 Å². The van der Waals surface area contributed by atoms with Gasteiger partial charge in [0.05, 0.1) is 4.88 Å². The summed E-state index contributed by atoms with van der Waals surface area (Å²) in [6.07, 6.45) is 5.39. The molecular formula is C26H27FNPS. The number of anilines is 1. The molecule has 3 unspecified atom stereocenters. The highest BCUT2D eigenvalue weighted by atomic mass is 32.1. The summed E-state index contributed by atoms with van der Waals surface area (Å²) in [4.78, 5) is 1.17. The number of thiophene rings is 1. The first kappa shape index (κ1) is 20.0. The van der Waals surface area contributed by atoms with E-state index in [0.29, 0.717) is 11.6 Å². The number of hydrogen-bond donors (Lipinski definition) is 1. The fourth-order valence-corrected chi connectivity index (χ4v) is 6.50. The molecule has 0 spiro atoms. The fraction of sp³-hybridized carbons (Fsp3) is 0.308. The monoisotopic (exact) mass is 435 g/mol. The molecule has 1 fully saturated rings. The molecular weight excluding hydrogens is 408 g/mol. The SMILES string of the molecule is C=C1Nc2ccc(CC)c(-c3ccc(CC4CCC(P)C4)c(F)c3)c2-c2ccsc21. The zero-order valence-electron chi connectivity index (χ0n) is 17.3. The Hall–Kier alpha value is -1.96. The molecule has 30 heavy (non-hydrogen) atoms. The van der Waals surface area contributed by atoms with Gasteiger partial charge in [-0.25, -0.2) is 4.39 Å². The Morgan fingerprint density at radius 3 is 2.70 bits per heavy atom. The molecule has 0 radical (unpaired) electrons. The Bertz CT molecular complexity index is 1130. The van der Waals surface area contributed by atoms with Crippen LogP contribution in [-0.2, 0) is 12.8 Å². The van der Waals surface area contributed by atoms with E-state index in [0.717, 1.165) is 40.9 Å². The van der Waals surface area contributed by atoms with Crippen LogP contribution in [0.4, 0.5) is 10.1 Å². The Morgan fingerprint density at radius 1 is 1.13 bits per heavy atom. The van der Waals surface area contributed by atoms with Crippen LogP contribution in [0.3, 0.4) is 0 Å². The third kappa shape index (κ3) is 3.43. The lowest BCUT2D eigenvalue weighted by Crippen LogP contribution is -2.07. The van der Waals surface area contributed by atoms with Gasteiger partial charge in [-0.2, -0.15) is 0 Å². The minimum atomic E-state index is -0.0712. The normalized spacial score (nSPS) is 20.0. The predicted molar refractivity (Wildman–Crippen MR) is 132 cm³/mol. The summed E-state index contributed by atoms with van der Waals surface area (Å²) in [6.45, 7) is 6.35. The second kappa shape index (κ2) is 7.94. The smallest absolute Gasteiger partial charge is 0.127 e. The van der Waals surface area contributed by atoms with Crippen molar-refractivity contribution >= 4 is 32.0 Å². The Balaban J connectivity index is 1.59. The van der Waals surface area contributed by atoms with Crippen LogP contribution in [-0.4, -0.2) is 5.66 Å². The molecule has 4 heteroatoms. The van der Waals surface area contributed by atoms with Gasteiger partial charge in [0.2, 0.25) is 0 Å². The molecule has 1 saturated carbocycles. The van der Waals surface area contributed by atoms with Crippen molar-refractivity contribution in [3.8, 4) is 22.3 Å². The fourth-order valence-electron chi connectivity index (χ4n) is 5.09. The van der Waals surface area contributed by atoms with Gasteiger partial charge in [0.1, 0.15) is 5.82 Å². The lowest BCUT2D eigenvalue weighted by molar-refractivity contribution is 0.522. The van der Waals surface area contributed by atoms with Crippen molar-refractivity contribution < 1.29 is 4.39 Å². The Morgan fingerprint density at radius 2 is 1.97 bits per heavy atom. The molecule has 1 N–H and O–H groups in total. The van der Waals surface area contributed by atoms with Crippen LogP contribution in [0.5, 0.6) is 0 Å². The van der Waals surface area contributed by atoms with Crippen molar-refractivity contribution in [1.29, 1.82) is 0 Å². The van der Waals surface area contributed by atoms with Crippen molar-refractivity contribution in [2.45, 2.75) is 44.7 Å². The Kier molecular flexibility index (Phi) is 5.29. The first-order valence-corrected chi connectivity index (χ1v) is 12.3. The van der Waals surface area contributed by atoms with E-state index < -0.39 is 0 Å². The summed E-state index contributed by atoms with van der Waals surface area (Å²) < 4.78 is 15.2. The molecule has 0 saturated heterocycles. The van der Waals surface area contributed by atoms with E-state index in [2.05, 4.69) is 57.7 Å². The minimum absolute atomic E-state index is 0.0712. The first-order valence-electron chi connectivity index (χ1n) is 10.8. The van der Waals surface area contributed by atoms with E-state index in [4.69, 9.17) is 0 Å². The topological polar surface area (TPSA) is 12.0 Å². The number of fused-ring (bicyclic) bond motifs is 3. The highest BCUT2D eigenvalue weighted by Crippen LogP contribution is 2.48. The maximum Gasteiger partial charge on any atom is 0.127 e. The molecule has 3 atom stereocenters. The molecule has 1 aliphatic heterocycles. The lowest BCUT2D eigenvalue weighted by Gasteiger charge is -2.25. The van der Waals surface area contributed by atoms with Crippen LogP contribution in [0.15, 0.2) is 48.4 Å². The van der Waals surface area contributed by atoms with E-state index in [1.54, 1.807) is 17.4 Å². The maximum absolute atomic E-state index is 15.2. The van der Waals surface area contributed by atoms with E-state index in [9.17, 15) is 0 Å². The number of nitrogens with one attached hydrogen (secondary N) is 1. The van der Waals surface area contributed by atoms with Crippen LogP contribution in [0.25, 0.3) is 28.0 Å². The molecule has 0 amide bonds. The van der Waals surface area contributed by atoms with Gasteiger partial charge in [-0.1, -0.05) is 31.7 Å². The molecule has 0 bridgehead atoms. The van der Waals surface area contributed by atoms with Crippen molar-refractivity contribution in [1.82, 2.24) is 0 Å². The molecule has 1 aliphatic carbocycles. The molecule has 2 aromatic carbocycles. The van der Waals surface area contributed by atoms with Gasteiger partial charge in [-0.3, -0.25) is 0 Å². The minimum Gasteiger partial charge on any atom is -0.354 e. The number of hydrogen-bond acceptors (Lipinski definition) is 2. The standard InChI is InChI=1S/C26H27FNPS/c1-3-17-7-9-23-25(21-10-11-30-26(21)15(2)28-23)24(17)19-6-5-18(22(27)14-19)12-16-4-8-20(29)13-16/h5-7,9-11,14,16,20,28H,2-4,8,12-13,29H2,1H3. The predicted octanol–water partition coefficient (Wildman–Crippen LogP) is 7.77. The lowest BCUT2D eigenvalue weighted by atomic mass is 9.86. The van der Waals surface area contributed by atoms with Gasteiger partial charge in [0.15, 0.2) is 0 Å². The molecule has 2 heterocycles. The second-order valence-electron chi connectivity index (χ2n) is 8.59. The molecule has 3 aromatic rings. The van der Waals surface area contributed by atoms with E-state index >= 15 is 4.39 Å². The number of halogens is 1. The van der Waals surface area contributed by atoms with Gasteiger partial charge in [-0.05, 0) is 89.5 Å². The van der Waals surface area contributed by atoms with Gasteiger partial charge in [-0.15, -0.1) is 20.6 Å².